The summed E-state index contributed by atoms with van der Waals surface area (Å²) in [6.45, 7) is 7.88. The van der Waals surface area contributed by atoms with Crippen LogP contribution in [-0.4, -0.2) is 54.0 Å². The fraction of sp³-hybridized carbons (Fsp3) is 0.333. The number of nitrogens with zero attached hydrogens (tertiary/aromatic N) is 3. The zero-order chi connectivity index (χ0) is 24.1. The fourth-order valence-corrected chi connectivity index (χ4v) is 5.94. The van der Waals surface area contributed by atoms with E-state index < -0.39 is 23.2 Å². The second-order valence-corrected chi connectivity index (χ2v) is 9.24. The highest BCUT2D eigenvalue weighted by molar-refractivity contribution is 5.60. The van der Waals surface area contributed by atoms with Gasteiger partial charge in [-0.15, -0.1) is 0 Å². The molecule has 7 heteroatoms. The number of aromatic nitrogens is 1. The third kappa shape index (κ3) is 2.90. The van der Waals surface area contributed by atoms with Gasteiger partial charge in [0.2, 0.25) is 0 Å². The van der Waals surface area contributed by atoms with E-state index in [0.717, 1.165) is 5.56 Å². The quantitative estimate of drug-likeness (QED) is 0.572. The number of ether oxygens (including phenoxy) is 2. The van der Waals surface area contributed by atoms with Crippen LogP contribution in [0.5, 0.6) is 11.5 Å². The number of aliphatic hydroxyl groups is 2. The highest BCUT2D eigenvalue weighted by Crippen LogP contribution is 2.69. The van der Waals surface area contributed by atoms with Crippen LogP contribution >= 0.6 is 0 Å². The number of aliphatic hydroxyl groups excluding tert-OH is 1. The average Bonchev–Trinajstić information content (AvgIpc) is 3.23. The van der Waals surface area contributed by atoms with Crippen molar-refractivity contribution < 1.29 is 19.7 Å². The van der Waals surface area contributed by atoms with Gasteiger partial charge in [0.05, 0.1) is 37.7 Å². The summed E-state index contributed by atoms with van der Waals surface area (Å²) in [6, 6.07) is 16.9. The van der Waals surface area contributed by atoms with E-state index in [1.807, 2.05) is 61.5 Å². The first-order valence-corrected chi connectivity index (χ1v) is 11.2. The van der Waals surface area contributed by atoms with Gasteiger partial charge in [0.25, 0.3) is 0 Å². The number of benzene rings is 2. The van der Waals surface area contributed by atoms with E-state index in [0.29, 0.717) is 34.9 Å². The van der Waals surface area contributed by atoms with Crippen molar-refractivity contribution in [1.29, 1.82) is 0 Å². The molecule has 174 valence electrons. The predicted octanol–water partition coefficient (Wildman–Crippen LogP) is 3.45. The van der Waals surface area contributed by atoms with E-state index in [4.69, 9.17) is 16.0 Å². The smallest absolute Gasteiger partial charge is 0.187 e. The van der Waals surface area contributed by atoms with E-state index >= 15 is 0 Å². The van der Waals surface area contributed by atoms with Crippen molar-refractivity contribution >= 4 is 5.69 Å². The topological polar surface area (TPSA) is 79.4 Å². The summed E-state index contributed by atoms with van der Waals surface area (Å²) in [5.41, 5.74) is -0.689. The van der Waals surface area contributed by atoms with Crippen LogP contribution in [-0.2, 0) is 11.2 Å². The third-order valence-electron chi connectivity index (χ3n) is 7.17. The van der Waals surface area contributed by atoms with Crippen molar-refractivity contribution in [2.24, 2.45) is 5.92 Å². The number of hydrogen-bond donors (Lipinski definition) is 2. The molecule has 5 atom stereocenters. The van der Waals surface area contributed by atoms with E-state index in [9.17, 15) is 10.2 Å². The molecule has 2 heterocycles. The number of hydrogen-bond acceptors (Lipinski definition) is 6. The molecule has 7 nitrogen and oxygen atoms in total. The van der Waals surface area contributed by atoms with Crippen LogP contribution in [0.25, 0.3) is 4.85 Å². The molecule has 1 aliphatic carbocycles. The Labute approximate surface area is 199 Å². The average molecular weight is 458 g/mol. The van der Waals surface area contributed by atoms with Gasteiger partial charge in [-0.25, -0.2) is 4.85 Å². The molecule has 2 aliphatic rings. The molecule has 0 saturated heterocycles. The molecule has 2 aromatic carbocycles. The second kappa shape index (κ2) is 8.10. The van der Waals surface area contributed by atoms with Crippen LogP contribution in [0.4, 0.5) is 5.69 Å². The Kier molecular flexibility index (Phi) is 5.33. The number of pyridine rings is 1. The molecule has 3 aromatic rings. The SMILES string of the molecule is [C-]#[N+]c1ccc([C@@]23Oc4cncc(OC)c4[C@]2(O)[C@H](O)[C@H](CN(C)C)[C@H]3c2ccccc2)cc1. The van der Waals surface area contributed by atoms with Crippen LogP contribution in [0.2, 0.25) is 0 Å². The van der Waals surface area contributed by atoms with Crippen molar-refractivity contribution in [3.63, 3.8) is 0 Å². The number of rotatable bonds is 5. The van der Waals surface area contributed by atoms with Gasteiger partial charge in [-0.05, 0) is 25.2 Å². The van der Waals surface area contributed by atoms with Crippen LogP contribution in [0.15, 0.2) is 67.0 Å². The maximum atomic E-state index is 12.6. The van der Waals surface area contributed by atoms with Crippen molar-refractivity contribution in [1.82, 2.24) is 9.88 Å². The molecular weight excluding hydrogens is 430 g/mol. The van der Waals surface area contributed by atoms with Gasteiger partial charge in [0, 0.05) is 18.4 Å². The van der Waals surface area contributed by atoms with Gasteiger partial charge in [-0.3, -0.25) is 4.98 Å². The molecule has 2 N–H and O–H groups in total. The zero-order valence-electron chi connectivity index (χ0n) is 19.3. The molecule has 0 spiro atoms. The van der Waals surface area contributed by atoms with Gasteiger partial charge < -0.3 is 24.6 Å². The first-order valence-electron chi connectivity index (χ1n) is 11.2. The minimum Gasteiger partial charge on any atom is -0.495 e. The molecule has 5 rings (SSSR count). The van der Waals surface area contributed by atoms with E-state index in [1.165, 1.54) is 13.3 Å². The molecule has 0 radical (unpaired) electrons. The molecule has 0 bridgehead atoms. The van der Waals surface area contributed by atoms with Crippen LogP contribution in [0.3, 0.4) is 0 Å². The first kappa shape index (κ1) is 22.4. The van der Waals surface area contributed by atoms with Crippen LogP contribution in [0, 0.1) is 12.5 Å². The largest absolute Gasteiger partial charge is 0.495 e. The van der Waals surface area contributed by atoms with Crippen molar-refractivity contribution in [2.45, 2.75) is 23.2 Å². The highest BCUT2D eigenvalue weighted by Gasteiger charge is 2.76. The van der Waals surface area contributed by atoms with E-state index in [-0.39, 0.29) is 5.92 Å². The summed E-state index contributed by atoms with van der Waals surface area (Å²) in [5.74, 6) is -0.0450. The van der Waals surface area contributed by atoms with E-state index in [1.54, 1.807) is 18.3 Å². The Bertz CT molecular complexity index is 1240. The van der Waals surface area contributed by atoms with Gasteiger partial charge in [-0.1, -0.05) is 54.6 Å². The maximum Gasteiger partial charge on any atom is 0.187 e. The lowest BCUT2D eigenvalue weighted by Crippen LogP contribution is -2.52. The molecule has 1 aromatic heterocycles. The molecule has 1 fully saturated rings. The Balaban J connectivity index is 1.85. The fourth-order valence-electron chi connectivity index (χ4n) is 5.94. The molecule has 0 amide bonds. The van der Waals surface area contributed by atoms with Crippen molar-refractivity contribution in [3.8, 4) is 11.5 Å². The van der Waals surface area contributed by atoms with E-state index in [2.05, 4.69) is 9.83 Å². The first-order chi connectivity index (χ1) is 16.4. The lowest BCUT2D eigenvalue weighted by molar-refractivity contribution is -0.152. The summed E-state index contributed by atoms with van der Waals surface area (Å²) in [6.07, 6.45) is 1.92. The zero-order valence-corrected chi connectivity index (χ0v) is 19.3. The Morgan fingerprint density at radius 1 is 1.12 bits per heavy atom. The molecule has 34 heavy (non-hydrogen) atoms. The van der Waals surface area contributed by atoms with Crippen molar-refractivity contribution in [2.75, 3.05) is 27.7 Å². The normalized spacial score (nSPS) is 29.3. The molecular formula is C27H27N3O4. The summed E-state index contributed by atoms with van der Waals surface area (Å²) >= 11 is 0. The van der Waals surface area contributed by atoms with Crippen molar-refractivity contribution in [3.05, 3.63) is 95.1 Å². The van der Waals surface area contributed by atoms with Gasteiger partial charge >= 0.3 is 0 Å². The van der Waals surface area contributed by atoms with Gasteiger partial charge in [0.15, 0.2) is 16.9 Å². The Morgan fingerprint density at radius 3 is 2.44 bits per heavy atom. The lowest BCUT2D eigenvalue weighted by Gasteiger charge is -2.41. The minimum absolute atomic E-state index is 0.357. The molecule has 1 aliphatic heterocycles. The molecule has 1 saturated carbocycles. The third-order valence-corrected chi connectivity index (χ3v) is 7.17. The minimum atomic E-state index is -1.82. The lowest BCUT2D eigenvalue weighted by atomic mass is 9.70. The Morgan fingerprint density at radius 2 is 1.82 bits per heavy atom. The Hall–Kier alpha value is -3.44. The summed E-state index contributed by atoms with van der Waals surface area (Å²) in [4.78, 5) is 9.76. The number of fused-ring (bicyclic) bond motifs is 3. The summed E-state index contributed by atoms with van der Waals surface area (Å²) in [7, 11) is 5.41. The predicted molar refractivity (Wildman–Crippen MR) is 127 cm³/mol. The van der Waals surface area contributed by atoms with Crippen LogP contribution < -0.4 is 9.47 Å². The van der Waals surface area contributed by atoms with Crippen LogP contribution in [0.1, 0.15) is 22.6 Å². The maximum absolute atomic E-state index is 12.6. The number of methoxy groups -OCH3 is 1. The van der Waals surface area contributed by atoms with Gasteiger partial charge in [-0.2, -0.15) is 0 Å². The molecule has 0 unspecified atom stereocenters. The standard InChI is InChI=1S/C27H27N3O4/c1-28-19-12-10-18(11-13-19)27-23(17-8-6-5-7-9-17)20(16-30(2)3)25(31)26(27,32)24-21(33-4)14-29-15-22(24)34-27/h5-15,20,23,25,31-32H,16H2,2-4H3/t20-,23-,25-,26+,27+/m1/s1. The monoisotopic (exact) mass is 457 g/mol. The second-order valence-electron chi connectivity index (χ2n) is 9.24. The summed E-state index contributed by atoms with van der Waals surface area (Å²) in [5, 5.41) is 24.6. The van der Waals surface area contributed by atoms with Gasteiger partial charge in [0.1, 0.15) is 11.5 Å². The summed E-state index contributed by atoms with van der Waals surface area (Å²) < 4.78 is 12.3. The highest BCUT2D eigenvalue weighted by atomic mass is 16.5.